The van der Waals surface area contributed by atoms with Gasteiger partial charge in [-0.2, -0.15) is 0 Å². The van der Waals surface area contributed by atoms with Crippen molar-refractivity contribution in [1.82, 2.24) is 0 Å². The standard InChI is InChI=1S/C11H21NO3.ClH/c1-8(2)4-3-5-9(6-11(14)15)10(13)7-12;/h8-9H,3-7,12H2,1-2H3,(H,14,15);1H. The van der Waals surface area contributed by atoms with Crippen LogP contribution in [0.4, 0.5) is 0 Å². The number of nitrogens with two attached hydrogens (primary N) is 1. The van der Waals surface area contributed by atoms with E-state index in [1.807, 2.05) is 0 Å². The molecular formula is C11H22ClNO3. The van der Waals surface area contributed by atoms with Crippen molar-refractivity contribution in [3.05, 3.63) is 0 Å². The molecule has 0 amide bonds. The van der Waals surface area contributed by atoms with Gasteiger partial charge in [-0.15, -0.1) is 12.4 Å². The number of carbonyl (C=O) groups is 2. The quantitative estimate of drug-likeness (QED) is 0.690. The third-order valence-corrected chi connectivity index (χ3v) is 2.41. The lowest BCUT2D eigenvalue weighted by atomic mass is 9.92. The van der Waals surface area contributed by atoms with E-state index in [1.165, 1.54) is 0 Å². The Morgan fingerprint density at radius 3 is 2.19 bits per heavy atom. The summed E-state index contributed by atoms with van der Waals surface area (Å²) in [7, 11) is 0. The molecule has 96 valence electrons. The summed E-state index contributed by atoms with van der Waals surface area (Å²) >= 11 is 0. The summed E-state index contributed by atoms with van der Waals surface area (Å²) in [5.41, 5.74) is 5.24. The van der Waals surface area contributed by atoms with Crippen molar-refractivity contribution >= 4 is 24.2 Å². The topological polar surface area (TPSA) is 80.4 Å². The first-order chi connectivity index (χ1) is 6.97. The lowest BCUT2D eigenvalue weighted by Crippen LogP contribution is -2.25. The third kappa shape index (κ3) is 8.68. The van der Waals surface area contributed by atoms with Crippen LogP contribution in [-0.2, 0) is 9.59 Å². The van der Waals surface area contributed by atoms with Gasteiger partial charge in [0.25, 0.3) is 0 Å². The molecule has 0 aliphatic heterocycles. The summed E-state index contributed by atoms with van der Waals surface area (Å²) in [6.45, 7) is 4.16. The van der Waals surface area contributed by atoms with Crippen molar-refractivity contribution in [2.75, 3.05) is 6.54 Å². The first-order valence-corrected chi connectivity index (χ1v) is 5.42. The zero-order chi connectivity index (χ0) is 11.8. The van der Waals surface area contributed by atoms with Crippen LogP contribution in [0.1, 0.15) is 39.5 Å². The molecule has 1 atom stereocenters. The molecule has 0 aromatic carbocycles. The van der Waals surface area contributed by atoms with Crippen molar-refractivity contribution in [2.24, 2.45) is 17.6 Å². The number of hydrogen-bond donors (Lipinski definition) is 2. The SMILES string of the molecule is CC(C)CCCC(CC(=O)O)C(=O)CN.Cl. The molecule has 3 N–H and O–H groups in total. The molecule has 1 unspecified atom stereocenters. The zero-order valence-corrected chi connectivity index (χ0v) is 10.8. The van der Waals surface area contributed by atoms with Crippen LogP contribution < -0.4 is 5.73 Å². The maximum Gasteiger partial charge on any atom is 0.304 e. The van der Waals surface area contributed by atoms with Gasteiger partial charge in [-0.25, -0.2) is 0 Å². The first-order valence-electron chi connectivity index (χ1n) is 5.42. The number of hydrogen-bond acceptors (Lipinski definition) is 3. The van der Waals surface area contributed by atoms with E-state index in [2.05, 4.69) is 13.8 Å². The number of carboxylic acids is 1. The Morgan fingerprint density at radius 1 is 1.25 bits per heavy atom. The molecular weight excluding hydrogens is 230 g/mol. The van der Waals surface area contributed by atoms with Gasteiger partial charge in [0.05, 0.1) is 13.0 Å². The zero-order valence-electron chi connectivity index (χ0n) is 9.94. The Balaban J connectivity index is 0. The second-order valence-electron chi connectivity index (χ2n) is 4.29. The van der Waals surface area contributed by atoms with E-state index in [4.69, 9.17) is 10.8 Å². The van der Waals surface area contributed by atoms with Crippen LogP contribution >= 0.6 is 12.4 Å². The minimum absolute atomic E-state index is 0. The molecule has 16 heavy (non-hydrogen) atoms. The van der Waals surface area contributed by atoms with E-state index in [0.717, 1.165) is 12.8 Å². The molecule has 5 heteroatoms. The minimum atomic E-state index is -0.925. The van der Waals surface area contributed by atoms with Crippen LogP contribution in [0, 0.1) is 11.8 Å². The predicted molar refractivity (Wildman–Crippen MR) is 65.7 cm³/mol. The Morgan fingerprint density at radius 2 is 1.81 bits per heavy atom. The van der Waals surface area contributed by atoms with Crippen LogP contribution in [-0.4, -0.2) is 23.4 Å². The Hall–Kier alpha value is -0.610. The van der Waals surface area contributed by atoms with Crippen molar-refractivity contribution < 1.29 is 14.7 Å². The highest BCUT2D eigenvalue weighted by atomic mass is 35.5. The van der Waals surface area contributed by atoms with Gasteiger partial charge in [-0.3, -0.25) is 9.59 Å². The normalized spacial score (nSPS) is 12.0. The smallest absolute Gasteiger partial charge is 0.304 e. The van der Waals surface area contributed by atoms with Gasteiger partial charge >= 0.3 is 5.97 Å². The second-order valence-corrected chi connectivity index (χ2v) is 4.29. The summed E-state index contributed by atoms with van der Waals surface area (Å²) in [4.78, 5) is 21.9. The van der Waals surface area contributed by atoms with E-state index in [-0.39, 0.29) is 31.2 Å². The summed E-state index contributed by atoms with van der Waals surface area (Å²) in [5, 5.41) is 8.64. The van der Waals surface area contributed by atoms with E-state index in [9.17, 15) is 9.59 Å². The Labute approximate surface area is 103 Å². The first kappa shape index (κ1) is 17.8. The van der Waals surface area contributed by atoms with Crippen LogP contribution in [0.3, 0.4) is 0 Å². The molecule has 0 aromatic heterocycles. The molecule has 4 nitrogen and oxygen atoms in total. The van der Waals surface area contributed by atoms with Crippen molar-refractivity contribution in [2.45, 2.75) is 39.5 Å². The summed E-state index contributed by atoms with van der Waals surface area (Å²) in [6.07, 6.45) is 2.46. The lowest BCUT2D eigenvalue weighted by molar-refractivity contribution is -0.140. The monoisotopic (exact) mass is 251 g/mol. The van der Waals surface area contributed by atoms with Crippen LogP contribution in [0.2, 0.25) is 0 Å². The number of aliphatic carboxylic acids is 1. The number of ketones is 1. The van der Waals surface area contributed by atoms with Gasteiger partial charge in [0.2, 0.25) is 0 Å². The van der Waals surface area contributed by atoms with E-state index >= 15 is 0 Å². The fraction of sp³-hybridized carbons (Fsp3) is 0.818. The maximum absolute atomic E-state index is 11.3. The van der Waals surface area contributed by atoms with Gasteiger partial charge in [0, 0.05) is 5.92 Å². The number of rotatable bonds is 8. The number of carboxylic acid groups (broad SMARTS) is 1. The van der Waals surface area contributed by atoms with Crippen molar-refractivity contribution in [3.8, 4) is 0 Å². The third-order valence-electron chi connectivity index (χ3n) is 2.41. The van der Waals surface area contributed by atoms with Gasteiger partial charge < -0.3 is 10.8 Å². The fourth-order valence-corrected chi connectivity index (χ4v) is 1.53. The van der Waals surface area contributed by atoms with Crippen LogP contribution in [0.5, 0.6) is 0 Å². The van der Waals surface area contributed by atoms with E-state index in [0.29, 0.717) is 12.3 Å². The number of carbonyl (C=O) groups excluding carboxylic acids is 1. The second kappa shape index (κ2) is 9.60. The van der Waals surface area contributed by atoms with Gasteiger partial charge in [-0.1, -0.05) is 26.7 Å². The van der Waals surface area contributed by atoms with Crippen molar-refractivity contribution in [1.29, 1.82) is 0 Å². The lowest BCUT2D eigenvalue weighted by Gasteiger charge is -2.13. The number of Topliss-reactive ketones (excluding diaryl/α,β-unsaturated/α-hetero) is 1. The highest BCUT2D eigenvalue weighted by Gasteiger charge is 2.19. The van der Waals surface area contributed by atoms with E-state index in [1.54, 1.807) is 0 Å². The summed E-state index contributed by atoms with van der Waals surface area (Å²) < 4.78 is 0. The Kier molecular flexibility index (Phi) is 10.7. The average Bonchev–Trinajstić information content (AvgIpc) is 2.14. The molecule has 0 heterocycles. The average molecular weight is 252 g/mol. The van der Waals surface area contributed by atoms with Gasteiger partial charge in [-0.05, 0) is 12.3 Å². The molecule has 0 aliphatic carbocycles. The van der Waals surface area contributed by atoms with E-state index < -0.39 is 11.9 Å². The minimum Gasteiger partial charge on any atom is -0.481 e. The summed E-state index contributed by atoms with van der Waals surface area (Å²) in [5.74, 6) is -0.873. The Bertz CT molecular complexity index is 219. The van der Waals surface area contributed by atoms with Crippen LogP contribution in [0.15, 0.2) is 0 Å². The fourth-order valence-electron chi connectivity index (χ4n) is 1.53. The molecule has 0 bridgehead atoms. The highest BCUT2D eigenvalue weighted by Crippen LogP contribution is 2.16. The highest BCUT2D eigenvalue weighted by molar-refractivity contribution is 5.86. The van der Waals surface area contributed by atoms with Crippen molar-refractivity contribution in [3.63, 3.8) is 0 Å². The molecule has 0 saturated carbocycles. The maximum atomic E-state index is 11.3. The molecule has 0 saturated heterocycles. The van der Waals surface area contributed by atoms with Crippen LogP contribution in [0.25, 0.3) is 0 Å². The molecule has 0 rings (SSSR count). The predicted octanol–water partition coefficient (Wildman–Crippen LogP) is 1.85. The van der Waals surface area contributed by atoms with Gasteiger partial charge in [0.15, 0.2) is 0 Å². The molecule has 0 spiro atoms. The molecule has 0 radical (unpaired) electrons. The van der Waals surface area contributed by atoms with Gasteiger partial charge in [0.1, 0.15) is 5.78 Å². The summed E-state index contributed by atoms with van der Waals surface area (Å²) in [6, 6.07) is 0. The largest absolute Gasteiger partial charge is 0.481 e. The number of halogens is 1. The molecule has 0 fully saturated rings. The molecule has 0 aliphatic rings. The molecule has 0 aromatic rings.